The molecule has 6 heteroatoms. The molecule has 0 spiro atoms. The summed E-state index contributed by atoms with van der Waals surface area (Å²) in [5.41, 5.74) is 0.378. The molecular weight excluding hydrogens is 320 g/mol. The minimum atomic E-state index is -0.807. The fraction of sp³-hybridized carbons (Fsp3) is 0.526. The molecule has 6 nitrogen and oxygen atoms in total. The minimum absolute atomic E-state index is 0.266. The highest BCUT2D eigenvalue weighted by Gasteiger charge is 2.35. The Bertz CT molecular complexity index is 640. The van der Waals surface area contributed by atoms with Gasteiger partial charge in [-0.05, 0) is 49.3 Å². The third-order valence-corrected chi connectivity index (χ3v) is 4.32. The highest BCUT2D eigenvalue weighted by atomic mass is 16.6. The zero-order valence-electron chi connectivity index (χ0n) is 14.7. The molecular formula is C19H24N2O4. The van der Waals surface area contributed by atoms with Crippen LogP contribution in [0.2, 0.25) is 0 Å². The van der Waals surface area contributed by atoms with Crippen molar-refractivity contribution in [1.82, 2.24) is 5.32 Å². The molecule has 0 unspecified atom stereocenters. The standard InChI is InChI=1S/C19H24N2O4/c1-14(2)15-5-7-16(8-6-15)24-12-18(23)25-11-17(22)21-19(13-20)9-3-4-10-19/h5-8,14H,3-4,9-12H2,1-2H3,(H,21,22). The van der Waals surface area contributed by atoms with Crippen molar-refractivity contribution in [3.8, 4) is 11.8 Å². The first-order chi connectivity index (χ1) is 11.9. The molecule has 2 rings (SSSR count). The molecule has 0 atom stereocenters. The predicted molar refractivity (Wildman–Crippen MR) is 91.9 cm³/mol. The number of nitriles is 1. The Morgan fingerprint density at radius 2 is 1.84 bits per heavy atom. The average molecular weight is 344 g/mol. The molecule has 1 aromatic carbocycles. The van der Waals surface area contributed by atoms with Gasteiger partial charge in [0.05, 0.1) is 6.07 Å². The minimum Gasteiger partial charge on any atom is -0.482 e. The van der Waals surface area contributed by atoms with Crippen molar-refractivity contribution in [1.29, 1.82) is 5.26 Å². The normalized spacial score (nSPS) is 15.4. The Hall–Kier alpha value is -2.55. The van der Waals surface area contributed by atoms with Crippen LogP contribution < -0.4 is 10.1 Å². The number of carbonyl (C=O) groups is 2. The summed E-state index contributed by atoms with van der Waals surface area (Å²) in [5, 5.41) is 11.9. The summed E-state index contributed by atoms with van der Waals surface area (Å²) in [7, 11) is 0. The third kappa shape index (κ3) is 5.49. The molecule has 0 bridgehead atoms. The molecule has 0 radical (unpaired) electrons. The number of carbonyl (C=O) groups excluding carboxylic acids is 2. The number of hydrogen-bond donors (Lipinski definition) is 1. The van der Waals surface area contributed by atoms with Gasteiger partial charge in [0, 0.05) is 0 Å². The van der Waals surface area contributed by atoms with Gasteiger partial charge in [0.15, 0.2) is 13.2 Å². The second-order valence-electron chi connectivity index (χ2n) is 6.62. The van der Waals surface area contributed by atoms with Crippen LogP contribution in [0.3, 0.4) is 0 Å². The van der Waals surface area contributed by atoms with Crippen molar-refractivity contribution in [2.45, 2.75) is 51.0 Å². The van der Waals surface area contributed by atoms with Crippen molar-refractivity contribution in [2.24, 2.45) is 0 Å². The summed E-state index contributed by atoms with van der Waals surface area (Å²) in [6.45, 7) is 3.52. The van der Waals surface area contributed by atoms with E-state index in [1.807, 2.05) is 12.1 Å². The number of nitrogens with one attached hydrogen (secondary N) is 1. The first kappa shape index (κ1) is 18.8. The van der Waals surface area contributed by atoms with E-state index in [1.54, 1.807) is 12.1 Å². The summed E-state index contributed by atoms with van der Waals surface area (Å²) in [5.74, 6) is -0.0899. The average Bonchev–Trinajstić information content (AvgIpc) is 3.07. The molecule has 1 aliphatic rings. The summed E-state index contributed by atoms with van der Waals surface area (Å²) in [6.07, 6.45) is 3.10. The molecule has 1 N–H and O–H groups in total. The van der Waals surface area contributed by atoms with Crippen LogP contribution in [0.5, 0.6) is 5.75 Å². The monoisotopic (exact) mass is 344 g/mol. The van der Waals surface area contributed by atoms with Crippen molar-refractivity contribution in [2.75, 3.05) is 13.2 Å². The molecule has 134 valence electrons. The van der Waals surface area contributed by atoms with Crippen molar-refractivity contribution < 1.29 is 19.1 Å². The second-order valence-corrected chi connectivity index (χ2v) is 6.62. The van der Waals surface area contributed by atoms with Crippen LogP contribution in [0.25, 0.3) is 0 Å². The van der Waals surface area contributed by atoms with E-state index in [4.69, 9.17) is 9.47 Å². The van der Waals surface area contributed by atoms with Gasteiger partial charge < -0.3 is 14.8 Å². The van der Waals surface area contributed by atoms with Crippen molar-refractivity contribution in [3.05, 3.63) is 29.8 Å². The smallest absolute Gasteiger partial charge is 0.344 e. The van der Waals surface area contributed by atoms with Crippen LogP contribution >= 0.6 is 0 Å². The van der Waals surface area contributed by atoms with Crippen molar-refractivity contribution in [3.63, 3.8) is 0 Å². The van der Waals surface area contributed by atoms with Gasteiger partial charge in [-0.2, -0.15) is 5.26 Å². The lowest BCUT2D eigenvalue weighted by molar-refractivity contribution is -0.150. The van der Waals surface area contributed by atoms with Crippen LogP contribution in [0, 0.1) is 11.3 Å². The first-order valence-electron chi connectivity index (χ1n) is 8.55. The summed E-state index contributed by atoms with van der Waals surface area (Å²) in [4.78, 5) is 23.6. The molecule has 1 aliphatic carbocycles. The summed E-state index contributed by atoms with van der Waals surface area (Å²) < 4.78 is 10.3. The fourth-order valence-corrected chi connectivity index (χ4v) is 2.83. The maximum Gasteiger partial charge on any atom is 0.344 e. The van der Waals surface area contributed by atoms with E-state index >= 15 is 0 Å². The zero-order chi connectivity index (χ0) is 18.3. The lowest BCUT2D eigenvalue weighted by Gasteiger charge is -2.21. The van der Waals surface area contributed by atoms with Crippen LogP contribution in [-0.2, 0) is 14.3 Å². The number of nitrogens with zero attached hydrogens (tertiary/aromatic N) is 1. The molecule has 1 saturated carbocycles. The van der Waals surface area contributed by atoms with E-state index in [0.717, 1.165) is 12.8 Å². The lowest BCUT2D eigenvalue weighted by Crippen LogP contribution is -2.46. The molecule has 1 fully saturated rings. The molecule has 0 aliphatic heterocycles. The van der Waals surface area contributed by atoms with Crippen LogP contribution in [0.4, 0.5) is 0 Å². The van der Waals surface area contributed by atoms with Crippen LogP contribution in [0.15, 0.2) is 24.3 Å². The topological polar surface area (TPSA) is 88.4 Å². The van der Waals surface area contributed by atoms with Gasteiger partial charge in [0.1, 0.15) is 11.3 Å². The number of amides is 1. The highest BCUT2D eigenvalue weighted by Crippen LogP contribution is 2.28. The van der Waals surface area contributed by atoms with Gasteiger partial charge in [-0.25, -0.2) is 4.79 Å². The van der Waals surface area contributed by atoms with E-state index in [2.05, 4.69) is 25.2 Å². The van der Waals surface area contributed by atoms with E-state index < -0.39 is 24.0 Å². The van der Waals surface area contributed by atoms with Crippen molar-refractivity contribution >= 4 is 11.9 Å². The Kier molecular flexibility index (Phi) is 6.40. The molecule has 1 amide bonds. The highest BCUT2D eigenvalue weighted by molar-refractivity contribution is 5.81. The number of rotatable bonds is 7. The number of esters is 1. The fourth-order valence-electron chi connectivity index (χ4n) is 2.83. The molecule has 1 aromatic rings. The third-order valence-electron chi connectivity index (χ3n) is 4.32. The molecule has 0 heterocycles. The maximum atomic E-state index is 11.9. The van der Waals surface area contributed by atoms with Crippen LogP contribution in [-0.4, -0.2) is 30.6 Å². The Balaban J connectivity index is 1.71. The van der Waals surface area contributed by atoms with Gasteiger partial charge in [-0.15, -0.1) is 0 Å². The predicted octanol–water partition coefficient (Wildman–Crippen LogP) is 2.68. The zero-order valence-corrected chi connectivity index (χ0v) is 14.7. The van der Waals surface area contributed by atoms with E-state index in [-0.39, 0.29) is 6.61 Å². The number of hydrogen-bond acceptors (Lipinski definition) is 5. The Morgan fingerprint density at radius 1 is 1.20 bits per heavy atom. The van der Waals surface area contributed by atoms with Gasteiger partial charge >= 0.3 is 5.97 Å². The first-order valence-corrected chi connectivity index (χ1v) is 8.55. The van der Waals surface area contributed by atoms with E-state index in [1.165, 1.54) is 5.56 Å². The number of benzene rings is 1. The van der Waals surface area contributed by atoms with Gasteiger partial charge in [0.25, 0.3) is 5.91 Å². The number of ether oxygens (including phenoxy) is 2. The molecule has 25 heavy (non-hydrogen) atoms. The molecule has 0 saturated heterocycles. The largest absolute Gasteiger partial charge is 0.482 e. The van der Waals surface area contributed by atoms with Gasteiger partial charge in [-0.1, -0.05) is 26.0 Å². The molecule has 0 aromatic heterocycles. The lowest BCUT2D eigenvalue weighted by atomic mass is 10.00. The Labute approximate surface area is 148 Å². The van der Waals surface area contributed by atoms with Gasteiger partial charge in [0.2, 0.25) is 0 Å². The summed E-state index contributed by atoms with van der Waals surface area (Å²) in [6, 6.07) is 9.65. The Morgan fingerprint density at radius 3 is 2.40 bits per heavy atom. The quantitative estimate of drug-likeness (QED) is 0.768. The summed E-state index contributed by atoms with van der Waals surface area (Å²) >= 11 is 0. The maximum absolute atomic E-state index is 11.9. The van der Waals surface area contributed by atoms with E-state index in [9.17, 15) is 14.9 Å². The van der Waals surface area contributed by atoms with Crippen LogP contribution in [0.1, 0.15) is 51.0 Å². The SMILES string of the molecule is CC(C)c1ccc(OCC(=O)OCC(=O)NC2(C#N)CCCC2)cc1. The second kappa shape index (κ2) is 8.52. The van der Waals surface area contributed by atoms with Gasteiger partial charge in [-0.3, -0.25) is 4.79 Å². The van der Waals surface area contributed by atoms with E-state index in [0.29, 0.717) is 24.5 Å².